The van der Waals surface area contributed by atoms with Gasteiger partial charge in [0.15, 0.2) is 6.61 Å². The molecule has 0 aliphatic carbocycles. The van der Waals surface area contributed by atoms with Crippen molar-refractivity contribution in [2.75, 3.05) is 6.61 Å². The third-order valence-electron chi connectivity index (χ3n) is 2.60. The summed E-state index contributed by atoms with van der Waals surface area (Å²) in [4.78, 5) is 11.1. The third-order valence-corrected chi connectivity index (χ3v) is 2.60. The second-order valence-corrected chi connectivity index (χ2v) is 4.21. The largest absolute Gasteiger partial charge is 0.487 e. The van der Waals surface area contributed by atoms with Gasteiger partial charge in [-0.15, -0.1) is 0 Å². The van der Waals surface area contributed by atoms with Crippen molar-refractivity contribution in [1.29, 1.82) is 0 Å². The summed E-state index contributed by atoms with van der Waals surface area (Å²) in [6.07, 6.45) is -2.36. The highest BCUT2D eigenvalue weighted by Crippen LogP contribution is 2.25. The van der Waals surface area contributed by atoms with E-state index < -0.39 is 19.0 Å². The lowest BCUT2D eigenvalue weighted by Gasteiger charge is -2.16. The van der Waals surface area contributed by atoms with E-state index in [0.717, 1.165) is 0 Å². The molecule has 4 nitrogen and oxygen atoms in total. The van der Waals surface area contributed by atoms with E-state index >= 15 is 0 Å². The number of benzene rings is 1. The smallest absolute Gasteiger partial charge is 0.340 e. The van der Waals surface area contributed by atoms with Crippen LogP contribution in [0.25, 0.3) is 11.1 Å². The summed E-state index contributed by atoms with van der Waals surface area (Å²) in [5, 5.41) is 5.84. The van der Waals surface area contributed by atoms with Gasteiger partial charge < -0.3 is 4.74 Å². The van der Waals surface area contributed by atoms with Gasteiger partial charge >= 0.3 is 12.3 Å². The third kappa shape index (κ3) is 3.80. The van der Waals surface area contributed by atoms with E-state index in [2.05, 4.69) is 14.9 Å². The summed E-state index contributed by atoms with van der Waals surface area (Å²) >= 11 is 0. The highest BCUT2D eigenvalue weighted by Gasteiger charge is 2.41. The molecule has 0 spiro atoms. The van der Waals surface area contributed by atoms with Gasteiger partial charge in [-0.2, -0.15) is 13.9 Å². The molecule has 2 rings (SSSR count). The number of aromatic amines is 1. The lowest BCUT2D eigenvalue weighted by molar-refractivity contribution is -0.148. The van der Waals surface area contributed by atoms with E-state index in [-0.39, 0.29) is 11.3 Å². The van der Waals surface area contributed by atoms with Crippen LogP contribution >= 0.6 is 0 Å². The highest BCUT2D eigenvalue weighted by atomic mass is 19.3. The van der Waals surface area contributed by atoms with E-state index in [1.807, 2.05) is 0 Å². The molecule has 1 aromatic heterocycles. The summed E-state index contributed by atoms with van der Waals surface area (Å²) in [5.74, 6) is -4.17. The first-order valence-corrected chi connectivity index (χ1v) is 5.82. The number of nitrogens with one attached hydrogen (secondary N) is 1. The first kappa shape index (κ1) is 15.0. The van der Waals surface area contributed by atoms with Crippen LogP contribution in [0.1, 0.15) is 0 Å². The van der Waals surface area contributed by atoms with Crippen molar-refractivity contribution >= 4 is 0 Å². The molecule has 1 heterocycles. The molecular weight excluding hydrogens is 292 g/mol. The summed E-state index contributed by atoms with van der Waals surface area (Å²) in [7, 11) is 0. The first-order valence-electron chi connectivity index (χ1n) is 5.82. The van der Waals surface area contributed by atoms with E-state index in [1.165, 1.54) is 36.5 Å². The maximum Gasteiger partial charge on any atom is 0.340 e. The zero-order valence-corrected chi connectivity index (χ0v) is 10.5. The number of nitrogens with zero attached hydrogens (tertiary/aromatic N) is 1. The fourth-order valence-corrected chi connectivity index (χ4v) is 1.52. The predicted octanol–water partition coefficient (Wildman–Crippen LogP) is 2.72. The molecule has 0 amide bonds. The van der Waals surface area contributed by atoms with Gasteiger partial charge in [-0.3, -0.25) is 4.79 Å². The number of hydrogen-bond acceptors (Lipinski definition) is 3. The molecule has 0 aliphatic rings. The van der Waals surface area contributed by atoms with Crippen LogP contribution in [0.2, 0.25) is 0 Å². The molecule has 21 heavy (non-hydrogen) atoms. The Morgan fingerprint density at radius 1 is 1.19 bits per heavy atom. The number of hydrogen-bond donors (Lipinski definition) is 1. The molecule has 2 aromatic rings. The summed E-state index contributed by atoms with van der Waals surface area (Å²) in [5.41, 5.74) is 0.759. The van der Waals surface area contributed by atoms with E-state index in [0.29, 0.717) is 11.1 Å². The minimum atomic E-state index is -4.20. The molecule has 0 radical (unpaired) electrons. The van der Waals surface area contributed by atoms with Crippen molar-refractivity contribution in [2.24, 2.45) is 0 Å². The van der Waals surface area contributed by atoms with E-state index in [4.69, 9.17) is 0 Å². The Balaban J connectivity index is 2.08. The van der Waals surface area contributed by atoms with Gasteiger partial charge in [-0.05, 0) is 17.7 Å². The second-order valence-electron chi connectivity index (χ2n) is 4.21. The number of alkyl halides is 4. The summed E-state index contributed by atoms with van der Waals surface area (Å²) in [6, 6.07) is 7.02. The molecule has 0 saturated heterocycles. The standard InChI is InChI=1S/C13H10F4N2O2/c14-12(15)13(16,17)7-21-10-3-1-8(2-4-10)9-5-11(20)19-18-6-9/h1-6,12H,7H2,(H,19,20). The SMILES string of the molecule is O=c1cc(-c2ccc(OCC(F)(F)C(F)F)cc2)cn[nH]1. The van der Waals surface area contributed by atoms with Gasteiger partial charge in [0.2, 0.25) is 0 Å². The summed E-state index contributed by atoms with van der Waals surface area (Å²) in [6.45, 7) is -1.41. The molecule has 0 atom stereocenters. The van der Waals surface area contributed by atoms with Gasteiger partial charge in [0.05, 0.1) is 6.20 Å². The Labute approximate surface area is 116 Å². The molecule has 1 N–H and O–H groups in total. The van der Waals surface area contributed by atoms with E-state index in [1.54, 1.807) is 0 Å². The Bertz CT molecular complexity index is 656. The minimum absolute atomic E-state index is 0.0249. The zero-order chi connectivity index (χ0) is 15.5. The predicted molar refractivity (Wildman–Crippen MR) is 66.7 cm³/mol. The Morgan fingerprint density at radius 3 is 2.43 bits per heavy atom. The molecule has 0 saturated carbocycles. The van der Waals surface area contributed by atoms with Crippen molar-refractivity contribution in [1.82, 2.24) is 10.2 Å². The highest BCUT2D eigenvalue weighted by molar-refractivity contribution is 5.62. The molecule has 0 unspecified atom stereocenters. The van der Waals surface area contributed by atoms with Crippen LogP contribution < -0.4 is 10.3 Å². The van der Waals surface area contributed by atoms with Crippen LogP contribution in [0.5, 0.6) is 5.75 Å². The zero-order valence-electron chi connectivity index (χ0n) is 10.5. The normalized spacial score (nSPS) is 11.7. The van der Waals surface area contributed by atoms with Crippen LogP contribution in [0.15, 0.2) is 41.3 Å². The number of halogens is 4. The van der Waals surface area contributed by atoms with Crippen LogP contribution in [0.3, 0.4) is 0 Å². The lowest BCUT2D eigenvalue weighted by atomic mass is 10.1. The topological polar surface area (TPSA) is 55.0 Å². The number of ether oxygens (including phenoxy) is 1. The molecule has 0 bridgehead atoms. The Morgan fingerprint density at radius 2 is 1.86 bits per heavy atom. The average Bonchev–Trinajstić information content (AvgIpc) is 2.45. The number of aromatic nitrogens is 2. The Hall–Kier alpha value is -2.38. The molecule has 112 valence electrons. The second kappa shape index (κ2) is 5.94. The van der Waals surface area contributed by atoms with Crippen LogP contribution in [0.4, 0.5) is 17.6 Å². The van der Waals surface area contributed by atoms with Gasteiger partial charge in [0, 0.05) is 11.6 Å². The van der Waals surface area contributed by atoms with Crippen LogP contribution in [-0.4, -0.2) is 29.2 Å². The van der Waals surface area contributed by atoms with Gasteiger partial charge in [0.1, 0.15) is 5.75 Å². The fraction of sp³-hybridized carbons (Fsp3) is 0.231. The molecule has 1 aromatic carbocycles. The van der Waals surface area contributed by atoms with Crippen molar-refractivity contribution < 1.29 is 22.3 Å². The maximum absolute atomic E-state index is 12.7. The van der Waals surface area contributed by atoms with Gasteiger partial charge in [-0.25, -0.2) is 13.9 Å². The van der Waals surface area contributed by atoms with Crippen LogP contribution in [0, 0.1) is 0 Å². The molecular formula is C13H10F4N2O2. The maximum atomic E-state index is 12.7. The average molecular weight is 302 g/mol. The quantitative estimate of drug-likeness (QED) is 0.864. The van der Waals surface area contributed by atoms with Crippen molar-refractivity contribution in [3.8, 4) is 16.9 Å². The minimum Gasteiger partial charge on any atom is -0.487 e. The monoisotopic (exact) mass is 302 g/mol. The number of rotatable bonds is 5. The van der Waals surface area contributed by atoms with Gasteiger partial charge in [-0.1, -0.05) is 12.1 Å². The molecule has 0 fully saturated rings. The van der Waals surface area contributed by atoms with Gasteiger partial charge in [0.25, 0.3) is 5.56 Å². The van der Waals surface area contributed by atoms with Crippen molar-refractivity contribution in [3.05, 3.63) is 46.9 Å². The summed E-state index contributed by atoms with van der Waals surface area (Å²) < 4.78 is 54.0. The number of H-pyrrole nitrogens is 1. The van der Waals surface area contributed by atoms with Crippen molar-refractivity contribution in [2.45, 2.75) is 12.3 Å². The lowest BCUT2D eigenvalue weighted by Crippen LogP contribution is -2.33. The van der Waals surface area contributed by atoms with Crippen LogP contribution in [-0.2, 0) is 0 Å². The molecule has 0 aliphatic heterocycles. The Kier molecular flexibility index (Phi) is 4.25. The molecule has 8 heteroatoms. The first-order chi connectivity index (χ1) is 9.88. The fourth-order valence-electron chi connectivity index (χ4n) is 1.52. The van der Waals surface area contributed by atoms with Crippen molar-refractivity contribution in [3.63, 3.8) is 0 Å². The van der Waals surface area contributed by atoms with E-state index in [9.17, 15) is 22.4 Å².